The number of thiazole rings is 1. The maximum Gasteiger partial charge on any atom is 0.263 e. The number of carbonyl (C=O) groups is 2. The molecule has 1 N–H and O–H groups in total. The summed E-state index contributed by atoms with van der Waals surface area (Å²) in [7, 11) is 0. The zero-order chi connectivity index (χ0) is 18.1. The fraction of sp³-hybridized carbons (Fsp3) is 0.389. The molecule has 1 fully saturated rings. The molecular weight excluding hydrogens is 358 g/mol. The van der Waals surface area contributed by atoms with Crippen LogP contribution in [-0.2, 0) is 4.79 Å². The molecule has 1 aromatic heterocycles. The normalized spacial score (nSPS) is 17.4. The number of aromatic nitrogens is 1. The quantitative estimate of drug-likeness (QED) is 0.886. The number of nitrogens with zero attached hydrogens (tertiary/aromatic N) is 2. The molecule has 1 aromatic carbocycles. The number of halogens is 1. The van der Waals surface area contributed by atoms with Crippen molar-refractivity contribution in [2.24, 2.45) is 0 Å². The summed E-state index contributed by atoms with van der Waals surface area (Å²) in [4.78, 5) is 31.8. The molecule has 5 nitrogen and oxygen atoms in total. The lowest BCUT2D eigenvalue weighted by Gasteiger charge is -2.21. The molecule has 0 saturated carbocycles. The number of nitrogens with one attached hydrogen (secondary N) is 1. The van der Waals surface area contributed by atoms with Crippen LogP contribution in [0.4, 0.5) is 0 Å². The fourth-order valence-electron chi connectivity index (χ4n) is 2.92. The lowest BCUT2D eigenvalue weighted by Crippen LogP contribution is -2.43. The lowest BCUT2D eigenvalue weighted by atomic mass is 10.2. The third-order valence-electron chi connectivity index (χ3n) is 4.24. The second kappa shape index (κ2) is 7.14. The number of aryl methyl sites for hydroxylation is 1. The van der Waals surface area contributed by atoms with Crippen molar-refractivity contribution in [1.82, 2.24) is 15.2 Å². The Morgan fingerprint density at radius 3 is 2.84 bits per heavy atom. The van der Waals surface area contributed by atoms with Gasteiger partial charge in [0.15, 0.2) is 0 Å². The predicted octanol–water partition coefficient (Wildman–Crippen LogP) is 3.51. The van der Waals surface area contributed by atoms with E-state index in [4.69, 9.17) is 11.6 Å². The zero-order valence-electron chi connectivity index (χ0n) is 14.4. The van der Waals surface area contributed by atoms with E-state index in [1.54, 1.807) is 17.9 Å². The third kappa shape index (κ3) is 3.70. The van der Waals surface area contributed by atoms with Crippen LogP contribution in [0.1, 0.15) is 35.6 Å². The molecule has 1 saturated heterocycles. The highest BCUT2D eigenvalue weighted by molar-refractivity contribution is 7.17. The van der Waals surface area contributed by atoms with Crippen molar-refractivity contribution < 1.29 is 9.59 Å². The average molecular weight is 378 g/mol. The Balaban J connectivity index is 1.76. The van der Waals surface area contributed by atoms with Crippen molar-refractivity contribution in [3.8, 4) is 10.6 Å². The molecule has 1 aliphatic rings. The number of carbonyl (C=O) groups excluding carboxylic acids is 2. The van der Waals surface area contributed by atoms with Crippen LogP contribution in [-0.4, -0.2) is 40.3 Å². The molecule has 2 amide bonds. The molecule has 0 bridgehead atoms. The zero-order valence-corrected chi connectivity index (χ0v) is 15.9. The number of hydrogen-bond donors (Lipinski definition) is 1. The van der Waals surface area contributed by atoms with E-state index < -0.39 is 6.04 Å². The van der Waals surface area contributed by atoms with Crippen LogP contribution in [0.15, 0.2) is 24.3 Å². The van der Waals surface area contributed by atoms with E-state index in [9.17, 15) is 9.59 Å². The van der Waals surface area contributed by atoms with Crippen LogP contribution in [0.3, 0.4) is 0 Å². The number of benzene rings is 1. The summed E-state index contributed by atoms with van der Waals surface area (Å²) < 4.78 is 0. The van der Waals surface area contributed by atoms with Crippen LogP contribution >= 0.6 is 22.9 Å². The molecule has 0 aliphatic carbocycles. The third-order valence-corrected chi connectivity index (χ3v) is 5.68. The van der Waals surface area contributed by atoms with Gasteiger partial charge in [0.05, 0.1) is 5.69 Å². The average Bonchev–Trinajstić information content (AvgIpc) is 3.11. The Labute approximate surface area is 156 Å². The van der Waals surface area contributed by atoms with Gasteiger partial charge in [-0.05, 0) is 39.3 Å². The highest BCUT2D eigenvalue weighted by Gasteiger charge is 2.34. The topological polar surface area (TPSA) is 62.3 Å². The highest BCUT2D eigenvalue weighted by atomic mass is 35.5. The van der Waals surface area contributed by atoms with Crippen LogP contribution in [0.5, 0.6) is 0 Å². The van der Waals surface area contributed by atoms with Gasteiger partial charge in [0.2, 0.25) is 5.91 Å². The SMILES string of the molecule is Cc1nc(-c2cccc(Cl)c2)sc1C(=O)N[C@@H]1CCN(C(C)C)C1=O. The molecule has 132 valence electrons. The minimum absolute atomic E-state index is 0.0133. The first kappa shape index (κ1) is 17.9. The first-order valence-electron chi connectivity index (χ1n) is 8.21. The summed E-state index contributed by atoms with van der Waals surface area (Å²) in [6.07, 6.45) is 0.641. The second-order valence-corrected chi connectivity index (χ2v) is 7.82. The molecule has 7 heteroatoms. The summed E-state index contributed by atoms with van der Waals surface area (Å²) in [5, 5.41) is 4.23. The van der Waals surface area contributed by atoms with E-state index in [1.165, 1.54) is 11.3 Å². The fourth-order valence-corrected chi connectivity index (χ4v) is 4.08. The van der Waals surface area contributed by atoms with Crippen molar-refractivity contribution in [3.63, 3.8) is 0 Å². The van der Waals surface area contributed by atoms with Gasteiger partial charge in [0.1, 0.15) is 15.9 Å². The largest absolute Gasteiger partial charge is 0.339 e. The van der Waals surface area contributed by atoms with Gasteiger partial charge >= 0.3 is 0 Å². The van der Waals surface area contributed by atoms with Gasteiger partial charge < -0.3 is 10.2 Å². The molecule has 0 unspecified atom stereocenters. The minimum atomic E-state index is -0.453. The van der Waals surface area contributed by atoms with Gasteiger partial charge in [-0.3, -0.25) is 9.59 Å². The van der Waals surface area contributed by atoms with Crippen molar-refractivity contribution in [2.75, 3.05) is 6.54 Å². The van der Waals surface area contributed by atoms with E-state index in [-0.39, 0.29) is 17.9 Å². The van der Waals surface area contributed by atoms with Crippen LogP contribution in [0.2, 0.25) is 5.02 Å². The van der Waals surface area contributed by atoms with Gasteiger partial charge in [0, 0.05) is 23.2 Å². The minimum Gasteiger partial charge on any atom is -0.339 e. The molecule has 0 radical (unpaired) electrons. The summed E-state index contributed by atoms with van der Waals surface area (Å²) in [5.41, 5.74) is 1.53. The van der Waals surface area contributed by atoms with Crippen molar-refractivity contribution in [3.05, 3.63) is 39.9 Å². The predicted molar refractivity (Wildman–Crippen MR) is 100 cm³/mol. The first-order chi connectivity index (χ1) is 11.9. The smallest absolute Gasteiger partial charge is 0.263 e. The van der Waals surface area contributed by atoms with E-state index in [2.05, 4.69) is 10.3 Å². The summed E-state index contributed by atoms with van der Waals surface area (Å²) in [6.45, 7) is 6.44. The van der Waals surface area contributed by atoms with Gasteiger partial charge in [-0.15, -0.1) is 11.3 Å². The van der Waals surface area contributed by atoms with Gasteiger partial charge in [-0.1, -0.05) is 23.7 Å². The Bertz CT molecular complexity index is 818. The molecule has 0 spiro atoms. The van der Waals surface area contributed by atoms with Crippen molar-refractivity contribution in [1.29, 1.82) is 0 Å². The van der Waals surface area contributed by atoms with Crippen LogP contribution < -0.4 is 5.32 Å². The molecular formula is C18H20ClN3O2S. The maximum absolute atomic E-state index is 12.6. The molecule has 1 aliphatic heterocycles. The van der Waals surface area contributed by atoms with E-state index in [1.807, 2.05) is 32.0 Å². The number of rotatable bonds is 4. The summed E-state index contributed by atoms with van der Waals surface area (Å²) in [6, 6.07) is 7.08. The van der Waals surface area contributed by atoms with Gasteiger partial charge in [-0.25, -0.2) is 4.98 Å². The molecule has 3 rings (SSSR count). The number of amides is 2. The Morgan fingerprint density at radius 1 is 1.44 bits per heavy atom. The van der Waals surface area contributed by atoms with Gasteiger partial charge in [0.25, 0.3) is 5.91 Å². The molecule has 1 atom stereocenters. The van der Waals surface area contributed by atoms with E-state index in [0.717, 1.165) is 10.6 Å². The Hall–Kier alpha value is -1.92. The maximum atomic E-state index is 12.6. The van der Waals surface area contributed by atoms with Crippen LogP contribution in [0, 0.1) is 6.92 Å². The van der Waals surface area contributed by atoms with Gasteiger partial charge in [-0.2, -0.15) is 0 Å². The monoisotopic (exact) mass is 377 g/mol. The molecule has 2 heterocycles. The summed E-state index contributed by atoms with van der Waals surface area (Å²) in [5.74, 6) is -0.257. The summed E-state index contributed by atoms with van der Waals surface area (Å²) >= 11 is 7.34. The van der Waals surface area contributed by atoms with Crippen molar-refractivity contribution in [2.45, 2.75) is 39.3 Å². The molecule has 25 heavy (non-hydrogen) atoms. The molecule has 2 aromatic rings. The standard InChI is InChI=1S/C18H20ClN3O2S/c1-10(2)22-8-7-14(18(22)24)21-16(23)15-11(3)20-17(25-15)12-5-4-6-13(19)9-12/h4-6,9-10,14H,7-8H2,1-3H3,(H,21,23)/t14-/m1/s1. The Morgan fingerprint density at radius 2 is 2.20 bits per heavy atom. The Kier molecular flexibility index (Phi) is 5.11. The highest BCUT2D eigenvalue weighted by Crippen LogP contribution is 2.29. The van der Waals surface area contributed by atoms with E-state index >= 15 is 0 Å². The number of likely N-dealkylation sites (tertiary alicyclic amines) is 1. The lowest BCUT2D eigenvalue weighted by molar-refractivity contribution is -0.130. The first-order valence-corrected chi connectivity index (χ1v) is 9.41. The van der Waals surface area contributed by atoms with Crippen molar-refractivity contribution >= 4 is 34.8 Å². The van der Waals surface area contributed by atoms with E-state index in [0.29, 0.717) is 28.6 Å². The second-order valence-electron chi connectivity index (χ2n) is 6.38. The number of hydrogen-bond acceptors (Lipinski definition) is 4. The van der Waals surface area contributed by atoms with Crippen LogP contribution in [0.25, 0.3) is 10.6 Å².